The third kappa shape index (κ3) is 6.13. The fraction of sp³-hybridized carbons (Fsp3) is 0.520. The van der Waals surface area contributed by atoms with Crippen LogP contribution < -0.4 is 26.4 Å². The summed E-state index contributed by atoms with van der Waals surface area (Å²) in [5, 5.41) is 22.4. The number of nitrogens with one attached hydrogen (secondary N) is 3. The number of carbonyl (C=O) groups excluding carboxylic acids is 1. The summed E-state index contributed by atoms with van der Waals surface area (Å²) in [6.07, 6.45) is 3.82. The van der Waals surface area contributed by atoms with Crippen molar-refractivity contribution in [2.24, 2.45) is 5.73 Å². The largest absolute Gasteiger partial charge is 0.492 e. The van der Waals surface area contributed by atoms with Crippen molar-refractivity contribution in [1.29, 1.82) is 0 Å². The highest BCUT2D eigenvalue weighted by Gasteiger charge is 2.38. The van der Waals surface area contributed by atoms with Gasteiger partial charge in [0.25, 0.3) is 5.91 Å². The van der Waals surface area contributed by atoms with Crippen LogP contribution in [0, 0.1) is 0 Å². The number of nitrogens with two attached hydrogens (primary N) is 1. The number of carbonyl (C=O) groups is 1. The topological polar surface area (TPSA) is 158 Å². The summed E-state index contributed by atoms with van der Waals surface area (Å²) in [6.45, 7) is 13.1. The summed E-state index contributed by atoms with van der Waals surface area (Å²) < 4.78 is 7.46. The van der Waals surface area contributed by atoms with E-state index in [9.17, 15) is 4.79 Å². The van der Waals surface area contributed by atoms with Crippen molar-refractivity contribution in [1.82, 2.24) is 35.5 Å². The van der Waals surface area contributed by atoms with Crippen molar-refractivity contribution < 1.29 is 9.53 Å². The molecule has 0 aliphatic carbocycles. The van der Waals surface area contributed by atoms with Gasteiger partial charge in [0.15, 0.2) is 5.82 Å². The van der Waals surface area contributed by atoms with Gasteiger partial charge in [-0.15, -0.1) is 5.10 Å². The fourth-order valence-electron chi connectivity index (χ4n) is 5.13. The number of anilines is 3. The van der Waals surface area contributed by atoms with Crippen LogP contribution in [0.4, 0.5) is 17.5 Å². The van der Waals surface area contributed by atoms with Crippen LogP contribution >= 0.6 is 0 Å². The zero-order chi connectivity index (χ0) is 26.8. The highest BCUT2D eigenvalue weighted by atomic mass is 16.5. The van der Waals surface area contributed by atoms with Crippen LogP contribution in [-0.4, -0.2) is 59.8 Å². The molecule has 12 heteroatoms. The molecule has 0 bridgehead atoms. The summed E-state index contributed by atoms with van der Waals surface area (Å²) in [6, 6.07) is 5.67. The molecule has 37 heavy (non-hydrogen) atoms. The molecule has 1 aromatic carbocycles. The molecular weight excluding hydrogens is 472 g/mol. The van der Waals surface area contributed by atoms with Crippen LogP contribution in [0.25, 0.3) is 5.69 Å². The summed E-state index contributed by atoms with van der Waals surface area (Å²) >= 11 is 0. The molecule has 2 aromatic heterocycles. The first-order valence-electron chi connectivity index (χ1n) is 12.5. The van der Waals surface area contributed by atoms with Gasteiger partial charge >= 0.3 is 0 Å². The Morgan fingerprint density at radius 1 is 1.22 bits per heavy atom. The predicted octanol–water partition coefficient (Wildman–Crippen LogP) is 2.98. The highest BCUT2D eigenvalue weighted by Crippen LogP contribution is 2.32. The lowest BCUT2D eigenvalue weighted by atomic mass is 9.79. The first-order chi connectivity index (χ1) is 17.5. The maximum absolute atomic E-state index is 12.2. The van der Waals surface area contributed by atoms with Gasteiger partial charge in [0, 0.05) is 35.4 Å². The van der Waals surface area contributed by atoms with Crippen molar-refractivity contribution in [2.75, 3.05) is 17.2 Å². The van der Waals surface area contributed by atoms with Gasteiger partial charge < -0.3 is 26.4 Å². The molecule has 0 atom stereocenters. The van der Waals surface area contributed by atoms with Gasteiger partial charge in [-0.1, -0.05) is 6.92 Å². The lowest BCUT2D eigenvalue weighted by molar-refractivity contribution is 0.100. The van der Waals surface area contributed by atoms with Crippen LogP contribution in [0.3, 0.4) is 0 Å². The van der Waals surface area contributed by atoms with E-state index in [1.165, 1.54) is 6.20 Å². The molecule has 1 saturated heterocycles. The maximum Gasteiger partial charge on any atom is 0.254 e. The number of tetrazole rings is 1. The minimum absolute atomic E-state index is 0.0767. The molecule has 1 aliphatic rings. The Labute approximate surface area is 216 Å². The molecule has 1 amide bonds. The number of nitrogens with zero attached hydrogens (tertiary/aromatic N) is 6. The van der Waals surface area contributed by atoms with Crippen LogP contribution in [0.2, 0.25) is 0 Å². The minimum atomic E-state index is -0.587. The normalized spacial score (nSPS) is 16.8. The van der Waals surface area contributed by atoms with Crippen LogP contribution in [0.15, 0.2) is 24.4 Å². The number of ether oxygens (including phenoxy) is 1. The molecule has 0 radical (unpaired) electrons. The molecular formula is C25H36N10O2. The minimum Gasteiger partial charge on any atom is -0.492 e. The van der Waals surface area contributed by atoms with E-state index in [1.807, 2.05) is 32.0 Å². The van der Waals surface area contributed by atoms with E-state index in [4.69, 9.17) is 10.5 Å². The van der Waals surface area contributed by atoms with Gasteiger partial charge in [-0.3, -0.25) is 4.79 Å². The predicted molar refractivity (Wildman–Crippen MR) is 141 cm³/mol. The zero-order valence-corrected chi connectivity index (χ0v) is 22.3. The van der Waals surface area contributed by atoms with E-state index in [-0.39, 0.29) is 22.7 Å². The van der Waals surface area contributed by atoms with E-state index in [0.29, 0.717) is 47.7 Å². The Morgan fingerprint density at radius 3 is 2.59 bits per heavy atom. The lowest BCUT2D eigenvalue weighted by Crippen LogP contribution is -2.60. The van der Waals surface area contributed by atoms with Crippen LogP contribution in [0.1, 0.15) is 70.6 Å². The molecule has 1 fully saturated rings. The Morgan fingerprint density at radius 2 is 1.95 bits per heavy atom. The van der Waals surface area contributed by atoms with Crippen LogP contribution in [-0.2, 0) is 6.42 Å². The van der Waals surface area contributed by atoms with Gasteiger partial charge in [-0.2, -0.15) is 9.67 Å². The number of hydrogen-bond acceptors (Lipinski definition) is 10. The van der Waals surface area contributed by atoms with Crippen molar-refractivity contribution in [3.8, 4) is 11.4 Å². The number of benzene rings is 1. The Bertz CT molecular complexity index is 1250. The van der Waals surface area contributed by atoms with E-state index >= 15 is 0 Å². The quantitative estimate of drug-likeness (QED) is 0.338. The molecule has 4 rings (SSSR count). The Hall–Kier alpha value is -3.80. The zero-order valence-electron chi connectivity index (χ0n) is 22.3. The average molecular weight is 509 g/mol. The second-order valence-corrected chi connectivity index (χ2v) is 10.6. The molecule has 0 spiro atoms. The first kappa shape index (κ1) is 26.3. The summed E-state index contributed by atoms with van der Waals surface area (Å²) in [5.41, 5.74) is 7.14. The van der Waals surface area contributed by atoms with Gasteiger partial charge in [0.2, 0.25) is 5.95 Å². The number of aromatic nitrogens is 6. The molecule has 12 nitrogen and oxygen atoms in total. The number of hydrogen-bond donors (Lipinski definition) is 4. The lowest BCUT2D eigenvalue weighted by Gasteiger charge is -2.46. The first-order valence-corrected chi connectivity index (χ1v) is 12.5. The van der Waals surface area contributed by atoms with Crippen LogP contribution in [0.5, 0.6) is 5.75 Å². The second kappa shape index (κ2) is 10.3. The van der Waals surface area contributed by atoms with Gasteiger partial charge in [-0.25, -0.2) is 4.98 Å². The van der Waals surface area contributed by atoms with Gasteiger partial charge in [0.1, 0.15) is 17.3 Å². The van der Waals surface area contributed by atoms with E-state index in [1.54, 1.807) is 4.68 Å². The van der Waals surface area contributed by atoms with E-state index < -0.39 is 5.91 Å². The molecule has 5 N–H and O–H groups in total. The smallest absolute Gasteiger partial charge is 0.254 e. The fourth-order valence-corrected chi connectivity index (χ4v) is 5.13. The molecule has 0 saturated carbocycles. The summed E-state index contributed by atoms with van der Waals surface area (Å²) in [7, 11) is 0. The number of aryl methyl sites for hydroxylation is 1. The summed E-state index contributed by atoms with van der Waals surface area (Å²) in [4.78, 5) is 21.1. The Kier molecular flexibility index (Phi) is 7.30. The molecule has 3 heterocycles. The monoisotopic (exact) mass is 508 g/mol. The number of amides is 1. The maximum atomic E-state index is 12.2. The highest BCUT2D eigenvalue weighted by molar-refractivity contribution is 5.97. The third-order valence-electron chi connectivity index (χ3n) is 6.18. The van der Waals surface area contributed by atoms with E-state index in [0.717, 1.165) is 12.8 Å². The number of piperidine rings is 1. The van der Waals surface area contributed by atoms with Gasteiger partial charge in [0.05, 0.1) is 12.2 Å². The number of primary amides is 1. The molecule has 3 aromatic rings. The van der Waals surface area contributed by atoms with Crippen molar-refractivity contribution in [3.63, 3.8) is 0 Å². The molecule has 0 unspecified atom stereocenters. The molecule has 198 valence electrons. The third-order valence-corrected chi connectivity index (χ3v) is 6.18. The summed E-state index contributed by atoms with van der Waals surface area (Å²) in [5.74, 6) is 1.50. The Balaban J connectivity index is 1.64. The average Bonchev–Trinajstić information content (AvgIpc) is 3.27. The van der Waals surface area contributed by atoms with Crippen molar-refractivity contribution in [3.05, 3.63) is 35.8 Å². The standard InChI is InChI=1S/C25H36N10O2/c1-7-20-31-33-34-35(20)18-11-15(9-10-19(18)37-8-2)29-23-27-14-17(21(26)36)22(30-23)28-16-12-24(3,4)32-25(5,6)13-16/h9-11,14,16,32H,7-8,12-13H2,1-6H3,(H2,26,36)(H2,27,28,29,30). The van der Waals surface area contributed by atoms with E-state index in [2.05, 4.69) is 69.1 Å². The van der Waals surface area contributed by atoms with Crippen molar-refractivity contribution in [2.45, 2.75) is 77.9 Å². The number of rotatable bonds is 9. The van der Waals surface area contributed by atoms with Crippen molar-refractivity contribution >= 4 is 23.4 Å². The SMILES string of the molecule is CCOc1ccc(Nc2ncc(C(N)=O)c(NC3CC(C)(C)NC(C)(C)C3)n2)cc1-n1nnnc1CC. The molecule has 1 aliphatic heterocycles. The second-order valence-electron chi connectivity index (χ2n) is 10.6. The van der Waals surface area contributed by atoms with Gasteiger partial charge in [-0.05, 0) is 76.1 Å².